The fourth-order valence-corrected chi connectivity index (χ4v) is 3.69. The summed E-state index contributed by atoms with van der Waals surface area (Å²) in [4.78, 5) is 15.4. The van der Waals surface area contributed by atoms with Crippen LogP contribution in [-0.2, 0) is 14.3 Å². The van der Waals surface area contributed by atoms with Crippen molar-refractivity contribution in [3.8, 4) is 0 Å². The SMILES string of the molecule is CO[C@@H]1CC[C@H]2[C@H]1OCCN2C(=O)/C=C/c1cccs1. The van der Waals surface area contributed by atoms with Gasteiger partial charge >= 0.3 is 0 Å². The van der Waals surface area contributed by atoms with Crippen molar-refractivity contribution in [1.82, 2.24) is 4.90 Å². The molecule has 0 N–H and O–H groups in total. The van der Waals surface area contributed by atoms with Gasteiger partial charge in [0, 0.05) is 24.6 Å². The number of hydrogen-bond donors (Lipinski definition) is 0. The normalized spacial score (nSPS) is 29.9. The van der Waals surface area contributed by atoms with Crippen LogP contribution in [0.5, 0.6) is 0 Å². The molecule has 5 heteroatoms. The minimum absolute atomic E-state index is 0.0350. The van der Waals surface area contributed by atoms with Gasteiger partial charge in [-0.05, 0) is 30.4 Å². The van der Waals surface area contributed by atoms with Gasteiger partial charge in [-0.15, -0.1) is 11.3 Å². The zero-order chi connectivity index (χ0) is 13.9. The van der Waals surface area contributed by atoms with E-state index in [9.17, 15) is 4.79 Å². The maximum absolute atomic E-state index is 12.4. The first-order chi connectivity index (χ1) is 9.79. The van der Waals surface area contributed by atoms with Crippen LogP contribution in [0.2, 0.25) is 0 Å². The molecular weight excluding hydrogens is 274 g/mol. The number of amides is 1. The van der Waals surface area contributed by atoms with E-state index >= 15 is 0 Å². The molecule has 1 saturated heterocycles. The fourth-order valence-electron chi connectivity index (χ4n) is 3.08. The van der Waals surface area contributed by atoms with E-state index in [0.29, 0.717) is 13.2 Å². The Hall–Kier alpha value is -1.17. The van der Waals surface area contributed by atoms with Crippen molar-refractivity contribution < 1.29 is 14.3 Å². The third-order valence-electron chi connectivity index (χ3n) is 4.05. The molecule has 1 aliphatic heterocycles. The molecule has 0 bridgehead atoms. The highest BCUT2D eigenvalue weighted by molar-refractivity contribution is 7.10. The van der Waals surface area contributed by atoms with Crippen molar-refractivity contribution in [2.75, 3.05) is 20.3 Å². The molecule has 4 nitrogen and oxygen atoms in total. The third-order valence-corrected chi connectivity index (χ3v) is 4.89. The number of methoxy groups -OCH3 is 1. The second-order valence-electron chi connectivity index (χ2n) is 5.13. The molecule has 1 aromatic heterocycles. The number of hydrogen-bond acceptors (Lipinski definition) is 4. The highest BCUT2D eigenvalue weighted by Gasteiger charge is 2.44. The third kappa shape index (κ3) is 2.66. The summed E-state index contributed by atoms with van der Waals surface area (Å²) in [6.45, 7) is 1.27. The van der Waals surface area contributed by atoms with Crippen molar-refractivity contribution in [2.24, 2.45) is 0 Å². The Labute approximate surface area is 123 Å². The van der Waals surface area contributed by atoms with Gasteiger partial charge < -0.3 is 14.4 Å². The van der Waals surface area contributed by atoms with Crippen molar-refractivity contribution >= 4 is 23.3 Å². The lowest BCUT2D eigenvalue weighted by molar-refractivity contribution is -0.145. The van der Waals surface area contributed by atoms with Crippen LogP contribution < -0.4 is 0 Å². The molecule has 108 valence electrons. The molecule has 0 radical (unpaired) electrons. The monoisotopic (exact) mass is 293 g/mol. The standard InChI is InChI=1S/C15H19NO3S/c1-18-13-6-5-12-15(13)19-9-8-16(12)14(17)7-4-11-3-2-10-20-11/h2-4,7,10,12-13,15H,5-6,8-9H2,1H3/b7-4+/t12-,13+,15+/m0/s1. The molecule has 20 heavy (non-hydrogen) atoms. The average molecular weight is 293 g/mol. The lowest BCUT2D eigenvalue weighted by atomic mass is 10.1. The Morgan fingerprint density at radius 2 is 2.45 bits per heavy atom. The first-order valence-corrected chi connectivity index (χ1v) is 7.84. The molecule has 1 aliphatic carbocycles. The van der Waals surface area contributed by atoms with E-state index in [1.807, 2.05) is 28.5 Å². The number of ether oxygens (including phenoxy) is 2. The Morgan fingerprint density at radius 1 is 1.55 bits per heavy atom. The van der Waals surface area contributed by atoms with Crippen LogP contribution in [0.4, 0.5) is 0 Å². The van der Waals surface area contributed by atoms with Gasteiger partial charge in [0.1, 0.15) is 6.10 Å². The Kier molecular flexibility index (Phi) is 4.19. The maximum Gasteiger partial charge on any atom is 0.247 e. The minimum atomic E-state index is 0.0350. The van der Waals surface area contributed by atoms with Crippen LogP contribution in [0.15, 0.2) is 23.6 Å². The number of carbonyl (C=O) groups excluding carboxylic acids is 1. The average Bonchev–Trinajstić information content (AvgIpc) is 3.13. The smallest absolute Gasteiger partial charge is 0.247 e. The van der Waals surface area contributed by atoms with Gasteiger partial charge in [0.05, 0.1) is 18.8 Å². The summed E-state index contributed by atoms with van der Waals surface area (Å²) >= 11 is 1.63. The van der Waals surface area contributed by atoms with E-state index in [1.54, 1.807) is 24.5 Å². The second kappa shape index (κ2) is 6.08. The number of thiophene rings is 1. The summed E-state index contributed by atoms with van der Waals surface area (Å²) in [5.74, 6) is 0.0773. The zero-order valence-corrected chi connectivity index (χ0v) is 12.3. The topological polar surface area (TPSA) is 38.8 Å². The number of nitrogens with zero attached hydrogens (tertiary/aromatic N) is 1. The highest BCUT2D eigenvalue weighted by atomic mass is 32.1. The molecule has 1 aromatic rings. The molecule has 2 heterocycles. The van der Waals surface area contributed by atoms with E-state index in [-0.39, 0.29) is 24.2 Å². The predicted molar refractivity (Wildman–Crippen MR) is 78.6 cm³/mol. The van der Waals surface area contributed by atoms with Crippen molar-refractivity contribution in [3.63, 3.8) is 0 Å². The Bertz CT molecular complexity index is 485. The predicted octanol–water partition coefficient (Wildman–Crippen LogP) is 2.17. The molecule has 2 aliphatic rings. The first-order valence-electron chi connectivity index (χ1n) is 6.96. The molecule has 0 spiro atoms. The van der Waals surface area contributed by atoms with Crippen LogP contribution in [0.3, 0.4) is 0 Å². The van der Waals surface area contributed by atoms with Crippen molar-refractivity contribution in [1.29, 1.82) is 0 Å². The van der Waals surface area contributed by atoms with E-state index < -0.39 is 0 Å². The molecule has 0 aromatic carbocycles. The van der Waals surface area contributed by atoms with E-state index in [4.69, 9.17) is 9.47 Å². The van der Waals surface area contributed by atoms with Crippen molar-refractivity contribution in [3.05, 3.63) is 28.5 Å². The molecular formula is C15H19NO3S. The zero-order valence-electron chi connectivity index (χ0n) is 11.5. The lowest BCUT2D eigenvalue weighted by Crippen LogP contribution is -2.53. The van der Waals surface area contributed by atoms with Gasteiger partial charge in [-0.2, -0.15) is 0 Å². The van der Waals surface area contributed by atoms with Gasteiger partial charge in [0.15, 0.2) is 0 Å². The van der Waals surface area contributed by atoms with Crippen molar-refractivity contribution in [2.45, 2.75) is 31.1 Å². The fraction of sp³-hybridized carbons (Fsp3) is 0.533. The quantitative estimate of drug-likeness (QED) is 0.802. The van der Waals surface area contributed by atoms with E-state index in [0.717, 1.165) is 17.7 Å². The van der Waals surface area contributed by atoms with Gasteiger partial charge in [-0.1, -0.05) is 6.07 Å². The Morgan fingerprint density at radius 3 is 3.20 bits per heavy atom. The summed E-state index contributed by atoms with van der Waals surface area (Å²) < 4.78 is 11.2. The summed E-state index contributed by atoms with van der Waals surface area (Å²) in [6, 6.07) is 4.15. The van der Waals surface area contributed by atoms with Gasteiger partial charge in [0.25, 0.3) is 0 Å². The molecule has 3 atom stereocenters. The minimum Gasteiger partial charge on any atom is -0.379 e. The first kappa shape index (κ1) is 13.8. The largest absolute Gasteiger partial charge is 0.379 e. The van der Waals surface area contributed by atoms with Gasteiger partial charge in [0.2, 0.25) is 5.91 Å². The highest BCUT2D eigenvalue weighted by Crippen LogP contribution is 2.32. The van der Waals surface area contributed by atoms with Crippen LogP contribution >= 0.6 is 11.3 Å². The van der Waals surface area contributed by atoms with Crippen LogP contribution in [0.25, 0.3) is 6.08 Å². The maximum atomic E-state index is 12.4. The van der Waals surface area contributed by atoms with Crippen LogP contribution in [0, 0.1) is 0 Å². The number of fused-ring (bicyclic) bond motifs is 1. The molecule has 3 rings (SSSR count). The van der Waals surface area contributed by atoms with Crippen LogP contribution in [0.1, 0.15) is 17.7 Å². The summed E-state index contributed by atoms with van der Waals surface area (Å²) in [6.07, 6.45) is 5.64. The lowest BCUT2D eigenvalue weighted by Gasteiger charge is -2.38. The molecule has 0 unspecified atom stereocenters. The second-order valence-corrected chi connectivity index (χ2v) is 6.11. The summed E-state index contributed by atoms with van der Waals surface area (Å²) in [5, 5.41) is 2.01. The summed E-state index contributed by atoms with van der Waals surface area (Å²) in [7, 11) is 1.72. The van der Waals surface area contributed by atoms with E-state index in [1.165, 1.54) is 0 Å². The van der Waals surface area contributed by atoms with Gasteiger partial charge in [-0.3, -0.25) is 4.79 Å². The number of rotatable bonds is 3. The molecule has 1 amide bonds. The molecule has 2 fully saturated rings. The summed E-state index contributed by atoms with van der Waals surface area (Å²) in [5.41, 5.74) is 0. The molecule has 1 saturated carbocycles. The number of morpholine rings is 1. The number of carbonyl (C=O) groups is 1. The Balaban J connectivity index is 1.68. The van der Waals surface area contributed by atoms with E-state index in [2.05, 4.69) is 0 Å². The van der Waals surface area contributed by atoms with Crippen LogP contribution in [-0.4, -0.2) is 49.3 Å². The van der Waals surface area contributed by atoms with Gasteiger partial charge in [-0.25, -0.2) is 0 Å².